The minimum atomic E-state index is -0.157. The van der Waals surface area contributed by atoms with E-state index in [1.807, 2.05) is 54.6 Å². The van der Waals surface area contributed by atoms with Crippen LogP contribution in [0.1, 0.15) is 21.7 Å². The van der Waals surface area contributed by atoms with Crippen molar-refractivity contribution in [3.63, 3.8) is 0 Å². The summed E-state index contributed by atoms with van der Waals surface area (Å²) in [6.45, 7) is 5.24. The van der Waals surface area contributed by atoms with Gasteiger partial charge in [-0.2, -0.15) is 0 Å². The van der Waals surface area contributed by atoms with Gasteiger partial charge in [0.1, 0.15) is 18.2 Å². The lowest BCUT2D eigenvalue weighted by molar-refractivity contribution is 0.0949. The summed E-state index contributed by atoms with van der Waals surface area (Å²) in [5.41, 5.74) is 3.58. The number of hydrogen-bond acceptors (Lipinski definition) is 4. The lowest BCUT2D eigenvalue weighted by atomic mass is 10.1. The second-order valence-corrected chi connectivity index (χ2v) is 7.04. The second kappa shape index (κ2) is 9.71. The van der Waals surface area contributed by atoms with Gasteiger partial charge in [-0.3, -0.25) is 9.78 Å². The van der Waals surface area contributed by atoms with Crippen LogP contribution in [0.25, 0.3) is 11.0 Å². The van der Waals surface area contributed by atoms with Crippen LogP contribution in [0.4, 0.5) is 0 Å². The predicted octanol–water partition coefficient (Wildman–Crippen LogP) is 4.17. The Morgan fingerprint density at radius 3 is 2.68 bits per heavy atom. The molecular formula is C25H24N4O2. The fraction of sp³-hybridized carbons (Fsp3) is 0.160. The first-order chi connectivity index (χ1) is 15.3. The highest BCUT2D eigenvalue weighted by Gasteiger charge is 2.13. The molecule has 2 heterocycles. The van der Waals surface area contributed by atoms with E-state index in [4.69, 9.17) is 9.72 Å². The molecule has 6 nitrogen and oxygen atoms in total. The predicted molar refractivity (Wildman–Crippen MR) is 121 cm³/mol. The van der Waals surface area contributed by atoms with Crippen LogP contribution < -0.4 is 10.1 Å². The third kappa shape index (κ3) is 4.80. The van der Waals surface area contributed by atoms with E-state index in [0.717, 1.165) is 34.6 Å². The van der Waals surface area contributed by atoms with Crippen LogP contribution in [0.15, 0.2) is 85.7 Å². The van der Waals surface area contributed by atoms with Crippen LogP contribution in [-0.2, 0) is 19.5 Å². The topological polar surface area (TPSA) is 69.0 Å². The molecule has 4 rings (SSSR count). The molecule has 0 aliphatic rings. The number of fused-ring (bicyclic) bond motifs is 1. The summed E-state index contributed by atoms with van der Waals surface area (Å²) in [6, 6.07) is 19.3. The second-order valence-electron chi connectivity index (χ2n) is 7.04. The molecule has 2 aromatic heterocycles. The van der Waals surface area contributed by atoms with Gasteiger partial charge in [0, 0.05) is 18.0 Å². The van der Waals surface area contributed by atoms with Crippen molar-refractivity contribution in [1.82, 2.24) is 19.9 Å². The van der Waals surface area contributed by atoms with Crippen molar-refractivity contribution in [1.29, 1.82) is 0 Å². The molecule has 6 heteroatoms. The van der Waals surface area contributed by atoms with Gasteiger partial charge in [-0.05, 0) is 42.3 Å². The van der Waals surface area contributed by atoms with Gasteiger partial charge in [0.05, 0.1) is 24.1 Å². The van der Waals surface area contributed by atoms with Gasteiger partial charge in [-0.1, -0.05) is 36.4 Å². The number of hydrogen-bond donors (Lipinski definition) is 1. The van der Waals surface area contributed by atoms with Crippen LogP contribution in [-0.4, -0.2) is 27.0 Å². The van der Waals surface area contributed by atoms with E-state index < -0.39 is 0 Å². The van der Waals surface area contributed by atoms with E-state index in [9.17, 15) is 4.79 Å². The van der Waals surface area contributed by atoms with E-state index in [1.165, 1.54) is 0 Å². The third-order valence-electron chi connectivity index (χ3n) is 4.99. The summed E-state index contributed by atoms with van der Waals surface area (Å²) >= 11 is 0. The summed E-state index contributed by atoms with van der Waals surface area (Å²) in [7, 11) is 0. The number of ether oxygens (including phenoxy) is 1. The van der Waals surface area contributed by atoms with Crippen LogP contribution in [0, 0.1) is 0 Å². The molecule has 0 bridgehead atoms. The Morgan fingerprint density at radius 1 is 1.06 bits per heavy atom. The first-order valence-electron chi connectivity index (χ1n) is 10.2. The molecule has 0 saturated heterocycles. The van der Waals surface area contributed by atoms with E-state index in [1.54, 1.807) is 24.5 Å². The van der Waals surface area contributed by atoms with E-state index in [-0.39, 0.29) is 5.91 Å². The molecule has 0 unspecified atom stereocenters. The van der Waals surface area contributed by atoms with Gasteiger partial charge in [0.2, 0.25) is 0 Å². The zero-order chi connectivity index (χ0) is 21.5. The molecule has 1 amide bonds. The largest absolute Gasteiger partial charge is 0.491 e. The van der Waals surface area contributed by atoms with Crippen molar-refractivity contribution >= 4 is 16.9 Å². The number of allylic oxidation sites excluding steroid dienone is 1. The number of aromatic nitrogens is 3. The maximum atomic E-state index is 12.4. The average molecular weight is 412 g/mol. The first-order valence-corrected chi connectivity index (χ1v) is 10.2. The molecule has 0 aliphatic heterocycles. The van der Waals surface area contributed by atoms with Crippen molar-refractivity contribution < 1.29 is 9.53 Å². The van der Waals surface area contributed by atoms with Gasteiger partial charge < -0.3 is 14.6 Å². The van der Waals surface area contributed by atoms with Crippen molar-refractivity contribution in [2.75, 3.05) is 6.61 Å². The number of rotatable bonds is 9. The highest BCUT2D eigenvalue weighted by atomic mass is 16.5. The van der Waals surface area contributed by atoms with Crippen LogP contribution in [0.3, 0.4) is 0 Å². The maximum absolute atomic E-state index is 12.4. The number of imidazole rings is 1. The quantitative estimate of drug-likeness (QED) is 0.419. The van der Waals surface area contributed by atoms with E-state index in [0.29, 0.717) is 25.3 Å². The zero-order valence-corrected chi connectivity index (χ0v) is 17.2. The lowest BCUT2D eigenvalue weighted by Crippen LogP contribution is -2.25. The molecule has 0 radical (unpaired) electrons. The molecule has 0 atom stereocenters. The summed E-state index contributed by atoms with van der Waals surface area (Å²) < 4.78 is 8.17. The van der Waals surface area contributed by atoms with E-state index >= 15 is 0 Å². The highest BCUT2D eigenvalue weighted by molar-refractivity contribution is 5.93. The van der Waals surface area contributed by atoms with Gasteiger partial charge >= 0.3 is 0 Å². The SMILES string of the molecule is C=CCc1ccccc1OCCn1c(CNC(=O)c2ccncc2)nc2ccccc21. The number of pyridine rings is 1. The molecule has 156 valence electrons. The van der Waals surface area contributed by atoms with Crippen molar-refractivity contribution in [2.24, 2.45) is 0 Å². The number of carbonyl (C=O) groups excluding carboxylic acids is 1. The monoisotopic (exact) mass is 412 g/mol. The zero-order valence-electron chi connectivity index (χ0n) is 17.2. The molecule has 0 saturated carbocycles. The Balaban J connectivity index is 1.49. The van der Waals surface area contributed by atoms with Crippen molar-refractivity contribution in [3.05, 3.63) is 103 Å². The Hall–Kier alpha value is -3.93. The Bertz CT molecular complexity index is 1180. The fourth-order valence-electron chi connectivity index (χ4n) is 3.49. The summed E-state index contributed by atoms with van der Waals surface area (Å²) in [6.07, 6.45) is 5.84. The molecular weight excluding hydrogens is 388 g/mol. The summed E-state index contributed by atoms with van der Waals surface area (Å²) in [5.74, 6) is 1.49. The molecule has 4 aromatic rings. The summed E-state index contributed by atoms with van der Waals surface area (Å²) in [4.78, 5) is 21.1. The number of carbonyl (C=O) groups is 1. The Kier molecular flexibility index (Phi) is 6.38. The Labute approximate surface area is 181 Å². The van der Waals surface area contributed by atoms with Crippen molar-refractivity contribution in [2.45, 2.75) is 19.5 Å². The number of para-hydroxylation sites is 3. The molecule has 2 aromatic carbocycles. The van der Waals surface area contributed by atoms with Crippen LogP contribution >= 0.6 is 0 Å². The van der Waals surface area contributed by atoms with Gasteiger partial charge in [0.15, 0.2) is 0 Å². The molecule has 0 fully saturated rings. The van der Waals surface area contributed by atoms with Gasteiger partial charge in [0.25, 0.3) is 5.91 Å². The van der Waals surface area contributed by atoms with Gasteiger partial charge in [-0.25, -0.2) is 4.98 Å². The normalized spacial score (nSPS) is 10.7. The Morgan fingerprint density at radius 2 is 1.84 bits per heavy atom. The summed E-state index contributed by atoms with van der Waals surface area (Å²) in [5, 5.41) is 2.95. The first kappa shape index (κ1) is 20.3. The minimum absolute atomic E-state index is 0.157. The number of nitrogens with zero attached hydrogens (tertiary/aromatic N) is 3. The highest BCUT2D eigenvalue weighted by Crippen LogP contribution is 2.20. The smallest absolute Gasteiger partial charge is 0.251 e. The fourth-order valence-corrected chi connectivity index (χ4v) is 3.49. The number of amides is 1. The number of benzene rings is 2. The standard InChI is InChI=1S/C25H24N4O2/c1-2-7-19-8-3-6-11-23(19)31-17-16-29-22-10-5-4-9-21(22)28-24(29)18-27-25(30)20-12-14-26-15-13-20/h2-6,8-15H,1,7,16-18H2,(H,27,30). The molecule has 0 aliphatic carbocycles. The minimum Gasteiger partial charge on any atom is -0.491 e. The molecule has 31 heavy (non-hydrogen) atoms. The molecule has 1 N–H and O–H groups in total. The maximum Gasteiger partial charge on any atom is 0.251 e. The third-order valence-corrected chi connectivity index (χ3v) is 4.99. The number of nitrogens with one attached hydrogen (secondary N) is 1. The van der Waals surface area contributed by atoms with Crippen molar-refractivity contribution in [3.8, 4) is 5.75 Å². The van der Waals surface area contributed by atoms with E-state index in [2.05, 4.69) is 21.4 Å². The average Bonchev–Trinajstić information content (AvgIpc) is 3.17. The molecule has 0 spiro atoms. The van der Waals surface area contributed by atoms with Crippen LogP contribution in [0.2, 0.25) is 0 Å². The lowest BCUT2D eigenvalue weighted by Gasteiger charge is -2.13. The van der Waals surface area contributed by atoms with Gasteiger partial charge in [-0.15, -0.1) is 6.58 Å². The van der Waals surface area contributed by atoms with Crippen LogP contribution in [0.5, 0.6) is 5.75 Å².